The van der Waals surface area contributed by atoms with Crippen LogP contribution in [0.2, 0.25) is 0 Å². The topological polar surface area (TPSA) is 46.2 Å². The first kappa shape index (κ1) is 10.9. The van der Waals surface area contributed by atoms with Gasteiger partial charge in [-0.25, -0.2) is 0 Å². The molecule has 0 radical (unpaired) electrons. The maximum absolute atomic E-state index is 5.81. The van der Waals surface area contributed by atoms with Crippen LogP contribution in [0.15, 0.2) is 0 Å². The standard InChI is InChI=1S/C11H18O5/c1-3-7-12-5-6-9(14-7)10-11(13-6)16-8(4-2)15-10/h6-11H,3-5H2,1-2H3. The third-order valence-corrected chi connectivity index (χ3v) is 3.28. The Bertz CT molecular complexity index is 259. The van der Waals surface area contributed by atoms with Gasteiger partial charge >= 0.3 is 0 Å². The van der Waals surface area contributed by atoms with E-state index in [1.165, 1.54) is 0 Å². The molecule has 0 aliphatic carbocycles. The molecule has 3 fully saturated rings. The van der Waals surface area contributed by atoms with Crippen LogP contribution in [0.5, 0.6) is 0 Å². The average Bonchev–Trinajstić information content (AvgIpc) is 2.85. The second-order valence-electron chi connectivity index (χ2n) is 4.39. The molecule has 0 aromatic rings. The van der Waals surface area contributed by atoms with Gasteiger partial charge in [0.15, 0.2) is 18.9 Å². The van der Waals surface area contributed by atoms with Gasteiger partial charge in [-0.05, 0) is 12.8 Å². The summed E-state index contributed by atoms with van der Waals surface area (Å²) in [5.41, 5.74) is 0. The molecule has 92 valence electrons. The second-order valence-corrected chi connectivity index (χ2v) is 4.39. The van der Waals surface area contributed by atoms with Gasteiger partial charge in [-0.1, -0.05) is 13.8 Å². The van der Waals surface area contributed by atoms with Crippen LogP contribution in [0.25, 0.3) is 0 Å². The number of fused-ring (bicyclic) bond motifs is 3. The van der Waals surface area contributed by atoms with E-state index in [0.717, 1.165) is 12.8 Å². The van der Waals surface area contributed by atoms with Gasteiger partial charge in [0.2, 0.25) is 0 Å². The van der Waals surface area contributed by atoms with E-state index in [0.29, 0.717) is 6.61 Å². The molecule has 6 atom stereocenters. The van der Waals surface area contributed by atoms with Crippen LogP contribution in [-0.2, 0) is 23.7 Å². The molecule has 0 aromatic carbocycles. The van der Waals surface area contributed by atoms with Gasteiger partial charge in [0, 0.05) is 0 Å². The Morgan fingerprint density at radius 1 is 0.875 bits per heavy atom. The van der Waals surface area contributed by atoms with E-state index in [9.17, 15) is 0 Å². The van der Waals surface area contributed by atoms with Gasteiger partial charge in [0.05, 0.1) is 6.61 Å². The summed E-state index contributed by atoms with van der Waals surface area (Å²) in [6.45, 7) is 4.64. The highest BCUT2D eigenvalue weighted by Crippen LogP contribution is 2.37. The summed E-state index contributed by atoms with van der Waals surface area (Å²) in [4.78, 5) is 0. The van der Waals surface area contributed by atoms with Crippen molar-refractivity contribution in [3.05, 3.63) is 0 Å². The molecule has 0 aromatic heterocycles. The molecule has 3 rings (SSSR count). The summed E-state index contributed by atoms with van der Waals surface area (Å²) in [5, 5.41) is 0. The molecule has 3 heterocycles. The Hall–Kier alpha value is -0.200. The molecule has 3 aliphatic heterocycles. The minimum absolute atomic E-state index is 0.0414. The third-order valence-electron chi connectivity index (χ3n) is 3.28. The largest absolute Gasteiger partial charge is 0.350 e. The molecular formula is C11H18O5. The van der Waals surface area contributed by atoms with Crippen molar-refractivity contribution in [1.29, 1.82) is 0 Å². The third kappa shape index (κ3) is 1.67. The van der Waals surface area contributed by atoms with E-state index in [-0.39, 0.29) is 37.2 Å². The number of hydrogen-bond donors (Lipinski definition) is 0. The SMILES string of the molecule is CCC1OCC2OC3OC(CC)OC3C2O1. The molecule has 0 spiro atoms. The van der Waals surface area contributed by atoms with E-state index in [1.807, 2.05) is 13.8 Å². The van der Waals surface area contributed by atoms with Crippen molar-refractivity contribution in [2.75, 3.05) is 6.61 Å². The summed E-state index contributed by atoms with van der Waals surface area (Å²) < 4.78 is 28.4. The van der Waals surface area contributed by atoms with Crippen LogP contribution in [-0.4, -0.2) is 43.8 Å². The van der Waals surface area contributed by atoms with Crippen molar-refractivity contribution in [2.45, 2.75) is 63.9 Å². The lowest BCUT2D eigenvalue weighted by Crippen LogP contribution is -2.46. The van der Waals surface area contributed by atoms with Gasteiger partial charge in [0.25, 0.3) is 0 Å². The van der Waals surface area contributed by atoms with Crippen LogP contribution in [0.4, 0.5) is 0 Å². The first-order valence-corrected chi connectivity index (χ1v) is 6.05. The van der Waals surface area contributed by atoms with E-state index in [1.54, 1.807) is 0 Å². The van der Waals surface area contributed by atoms with Gasteiger partial charge in [-0.15, -0.1) is 0 Å². The lowest BCUT2D eigenvalue weighted by molar-refractivity contribution is -0.269. The molecule has 6 unspecified atom stereocenters. The maximum atomic E-state index is 5.81. The highest BCUT2D eigenvalue weighted by Gasteiger charge is 2.54. The molecule has 16 heavy (non-hydrogen) atoms. The zero-order valence-corrected chi connectivity index (χ0v) is 9.63. The zero-order valence-electron chi connectivity index (χ0n) is 9.63. The van der Waals surface area contributed by atoms with Gasteiger partial charge in [0.1, 0.15) is 18.3 Å². The molecule has 3 saturated heterocycles. The molecule has 0 bridgehead atoms. The Balaban J connectivity index is 1.68. The Morgan fingerprint density at radius 3 is 2.38 bits per heavy atom. The van der Waals surface area contributed by atoms with Gasteiger partial charge in [-0.3, -0.25) is 0 Å². The van der Waals surface area contributed by atoms with Crippen molar-refractivity contribution in [3.8, 4) is 0 Å². The molecule has 0 N–H and O–H groups in total. The molecular weight excluding hydrogens is 212 g/mol. The zero-order chi connectivity index (χ0) is 11.1. The molecule has 5 heteroatoms. The molecule has 0 saturated carbocycles. The van der Waals surface area contributed by atoms with Crippen molar-refractivity contribution < 1.29 is 23.7 Å². The van der Waals surface area contributed by atoms with Crippen molar-refractivity contribution in [1.82, 2.24) is 0 Å². The normalized spacial score (nSPS) is 51.4. The maximum Gasteiger partial charge on any atom is 0.190 e. The van der Waals surface area contributed by atoms with Crippen molar-refractivity contribution in [3.63, 3.8) is 0 Å². The molecule has 0 amide bonds. The molecule has 3 aliphatic rings. The van der Waals surface area contributed by atoms with E-state index in [4.69, 9.17) is 23.7 Å². The highest BCUT2D eigenvalue weighted by molar-refractivity contribution is 4.94. The fourth-order valence-corrected chi connectivity index (χ4v) is 2.42. The quantitative estimate of drug-likeness (QED) is 0.708. The second kappa shape index (κ2) is 4.23. The predicted molar refractivity (Wildman–Crippen MR) is 53.6 cm³/mol. The summed E-state index contributed by atoms with van der Waals surface area (Å²) in [7, 11) is 0. The van der Waals surface area contributed by atoms with Crippen LogP contribution < -0.4 is 0 Å². The van der Waals surface area contributed by atoms with E-state index in [2.05, 4.69) is 0 Å². The molecule has 5 nitrogen and oxygen atoms in total. The van der Waals surface area contributed by atoms with Crippen molar-refractivity contribution in [2.24, 2.45) is 0 Å². The van der Waals surface area contributed by atoms with Crippen LogP contribution in [0, 0.1) is 0 Å². The lowest BCUT2D eigenvalue weighted by Gasteiger charge is -2.32. The smallest absolute Gasteiger partial charge is 0.190 e. The minimum Gasteiger partial charge on any atom is -0.350 e. The summed E-state index contributed by atoms with van der Waals surface area (Å²) in [6.07, 6.45) is 0.943. The summed E-state index contributed by atoms with van der Waals surface area (Å²) in [5.74, 6) is 0. The highest BCUT2D eigenvalue weighted by atomic mass is 16.8. The van der Waals surface area contributed by atoms with Gasteiger partial charge < -0.3 is 23.7 Å². The van der Waals surface area contributed by atoms with Crippen molar-refractivity contribution >= 4 is 0 Å². The first-order valence-electron chi connectivity index (χ1n) is 6.05. The Morgan fingerprint density at radius 2 is 1.62 bits per heavy atom. The van der Waals surface area contributed by atoms with Crippen LogP contribution in [0.3, 0.4) is 0 Å². The van der Waals surface area contributed by atoms with E-state index >= 15 is 0 Å². The monoisotopic (exact) mass is 230 g/mol. The fourth-order valence-electron chi connectivity index (χ4n) is 2.42. The number of ether oxygens (including phenoxy) is 5. The van der Waals surface area contributed by atoms with E-state index < -0.39 is 0 Å². The summed E-state index contributed by atoms with van der Waals surface area (Å²) in [6, 6.07) is 0. The van der Waals surface area contributed by atoms with Crippen LogP contribution in [0.1, 0.15) is 26.7 Å². The minimum atomic E-state index is -0.279. The first-order chi connectivity index (χ1) is 7.81. The summed E-state index contributed by atoms with van der Waals surface area (Å²) >= 11 is 0. The predicted octanol–water partition coefficient (Wildman–Crippen LogP) is 1.01. The lowest BCUT2D eigenvalue weighted by atomic mass is 10.1. The fraction of sp³-hybridized carbons (Fsp3) is 1.00. The van der Waals surface area contributed by atoms with Gasteiger partial charge in [-0.2, -0.15) is 0 Å². The number of hydrogen-bond acceptors (Lipinski definition) is 5. The Kier molecular flexibility index (Phi) is 2.89. The average molecular weight is 230 g/mol. The number of rotatable bonds is 2. The van der Waals surface area contributed by atoms with Crippen LogP contribution >= 0.6 is 0 Å². The Labute approximate surface area is 94.9 Å².